The molecule has 18 heavy (non-hydrogen) atoms. The lowest BCUT2D eigenvalue weighted by atomic mass is 10.2. The quantitative estimate of drug-likeness (QED) is 0.837. The van der Waals surface area contributed by atoms with E-state index in [0.29, 0.717) is 36.8 Å². The van der Waals surface area contributed by atoms with Gasteiger partial charge in [0.05, 0.1) is 12.1 Å². The molecule has 0 atom stereocenters. The van der Waals surface area contributed by atoms with E-state index >= 15 is 0 Å². The Morgan fingerprint density at radius 3 is 2.78 bits per heavy atom. The van der Waals surface area contributed by atoms with Crippen molar-refractivity contribution in [3.05, 3.63) is 23.9 Å². The SMILES string of the molecule is O=C(NC1CC1)c1ccc(NCC2(F)CC2)nc1. The predicted octanol–water partition coefficient (Wildman–Crippen LogP) is 1.89. The minimum absolute atomic E-state index is 0.0827. The van der Waals surface area contributed by atoms with Crippen LogP contribution in [0.25, 0.3) is 0 Å². The lowest BCUT2D eigenvalue weighted by molar-refractivity contribution is 0.0950. The number of carbonyl (C=O) groups is 1. The summed E-state index contributed by atoms with van der Waals surface area (Å²) in [5, 5.41) is 5.85. The number of nitrogens with zero attached hydrogens (tertiary/aromatic N) is 1. The molecule has 2 aliphatic rings. The third-order valence-electron chi connectivity index (χ3n) is 3.32. The molecule has 1 aromatic rings. The Hall–Kier alpha value is -1.65. The fraction of sp³-hybridized carbons (Fsp3) is 0.538. The minimum Gasteiger partial charge on any atom is -0.367 e. The number of hydrogen-bond donors (Lipinski definition) is 2. The molecule has 0 aliphatic heterocycles. The Balaban J connectivity index is 1.55. The normalized spacial score (nSPS) is 20.3. The molecule has 1 heterocycles. The van der Waals surface area contributed by atoms with Gasteiger partial charge in [-0.25, -0.2) is 9.37 Å². The van der Waals surface area contributed by atoms with E-state index in [-0.39, 0.29) is 5.91 Å². The fourth-order valence-electron chi connectivity index (χ4n) is 1.69. The smallest absolute Gasteiger partial charge is 0.253 e. The van der Waals surface area contributed by atoms with Crippen molar-refractivity contribution in [3.8, 4) is 0 Å². The Kier molecular flexibility index (Phi) is 2.69. The molecule has 3 rings (SSSR count). The molecule has 4 nitrogen and oxygen atoms in total. The predicted molar refractivity (Wildman–Crippen MR) is 66.3 cm³/mol. The Morgan fingerprint density at radius 2 is 2.22 bits per heavy atom. The monoisotopic (exact) mass is 249 g/mol. The van der Waals surface area contributed by atoms with Crippen LogP contribution in [-0.4, -0.2) is 29.1 Å². The van der Waals surface area contributed by atoms with E-state index in [1.165, 1.54) is 6.20 Å². The van der Waals surface area contributed by atoms with Gasteiger partial charge in [0.2, 0.25) is 0 Å². The second-order valence-electron chi connectivity index (χ2n) is 5.18. The van der Waals surface area contributed by atoms with Gasteiger partial charge in [0.25, 0.3) is 5.91 Å². The van der Waals surface area contributed by atoms with E-state index in [2.05, 4.69) is 15.6 Å². The average Bonchev–Trinajstić information content (AvgIpc) is 3.27. The molecule has 0 bridgehead atoms. The van der Waals surface area contributed by atoms with Crippen molar-refractivity contribution in [1.82, 2.24) is 10.3 Å². The molecule has 2 fully saturated rings. The highest BCUT2D eigenvalue weighted by molar-refractivity contribution is 5.94. The van der Waals surface area contributed by atoms with Crippen LogP contribution in [0.15, 0.2) is 18.3 Å². The summed E-state index contributed by atoms with van der Waals surface area (Å²) in [4.78, 5) is 15.8. The summed E-state index contributed by atoms with van der Waals surface area (Å²) in [5.41, 5.74) is -0.488. The molecular formula is C13H16FN3O. The van der Waals surface area contributed by atoms with Gasteiger partial charge in [-0.2, -0.15) is 0 Å². The zero-order chi connectivity index (χ0) is 12.6. The molecule has 0 radical (unpaired) electrons. The zero-order valence-electron chi connectivity index (χ0n) is 10.1. The molecular weight excluding hydrogens is 233 g/mol. The van der Waals surface area contributed by atoms with Gasteiger partial charge >= 0.3 is 0 Å². The highest BCUT2D eigenvalue weighted by atomic mass is 19.1. The third-order valence-corrected chi connectivity index (χ3v) is 3.32. The fourth-order valence-corrected chi connectivity index (χ4v) is 1.69. The molecule has 0 unspecified atom stereocenters. The summed E-state index contributed by atoms with van der Waals surface area (Å²) in [6.07, 6.45) is 4.91. The minimum atomic E-state index is -1.04. The van der Waals surface area contributed by atoms with Crippen molar-refractivity contribution >= 4 is 11.7 Å². The molecule has 5 heteroatoms. The number of rotatable bonds is 5. The first-order valence-corrected chi connectivity index (χ1v) is 6.34. The molecule has 1 amide bonds. The molecule has 2 N–H and O–H groups in total. The van der Waals surface area contributed by atoms with Crippen LogP contribution in [-0.2, 0) is 0 Å². The number of aromatic nitrogens is 1. The first kappa shape index (κ1) is 11.4. The molecule has 2 saturated carbocycles. The summed E-state index contributed by atoms with van der Waals surface area (Å²) in [6.45, 7) is 0.299. The van der Waals surface area contributed by atoms with Gasteiger partial charge in [-0.3, -0.25) is 4.79 Å². The van der Waals surface area contributed by atoms with Gasteiger partial charge in [-0.1, -0.05) is 0 Å². The number of anilines is 1. The summed E-state index contributed by atoms with van der Waals surface area (Å²) < 4.78 is 13.4. The van der Waals surface area contributed by atoms with Crippen LogP contribution in [0.3, 0.4) is 0 Å². The van der Waals surface area contributed by atoms with Crippen LogP contribution in [0.5, 0.6) is 0 Å². The number of carbonyl (C=O) groups excluding carboxylic acids is 1. The van der Waals surface area contributed by atoms with Crippen molar-refractivity contribution < 1.29 is 9.18 Å². The van der Waals surface area contributed by atoms with Gasteiger partial charge in [0, 0.05) is 12.2 Å². The van der Waals surface area contributed by atoms with Gasteiger partial charge in [0.1, 0.15) is 11.5 Å². The number of nitrogens with one attached hydrogen (secondary N) is 2. The van der Waals surface area contributed by atoms with Crippen molar-refractivity contribution in [1.29, 1.82) is 0 Å². The van der Waals surface area contributed by atoms with E-state index in [1.54, 1.807) is 12.1 Å². The molecule has 2 aliphatic carbocycles. The highest BCUT2D eigenvalue weighted by Crippen LogP contribution is 2.39. The maximum atomic E-state index is 13.4. The number of pyridine rings is 1. The zero-order valence-corrected chi connectivity index (χ0v) is 10.1. The Labute approximate surface area is 105 Å². The van der Waals surface area contributed by atoms with Crippen molar-refractivity contribution in [3.63, 3.8) is 0 Å². The largest absolute Gasteiger partial charge is 0.367 e. The maximum absolute atomic E-state index is 13.4. The second kappa shape index (κ2) is 4.23. The molecule has 0 spiro atoms. The Bertz CT molecular complexity index is 452. The van der Waals surface area contributed by atoms with E-state index < -0.39 is 5.67 Å². The van der Waals surface area contributed by atoms with Gasteiger partial charge in [-0.05, 0) is 37.8 Å². The van der Waals surface area contributed by atoms with Crippen LogP contribution in [0.4, 0.5) is 10.2 Å². The van der Waals surface area contributed by atoms with Crippen LogP contribution >= 0.6 is 0 Å². The summed E-state index contributed by atoms with van der Waals surface area (Å²) in [7, 11) is 0. The lowest BCUT2D eigenvalue weighted by Gasteiger charge is -2.08. The maximum Gasteiger partial charge on any atom is 0.253 e. The number of halogens is 1. The lowest BCUT2D eigenvalue weighted by Crippen LogP contribution is -2.25. The standard InChI is InChI=1S/C13H16FN3O/c14-13(5-6-13)8-16-11-4-1-9(7-15-11)12(18)17-10-2-3-10/h1,4,7,10H,2-3,5-6,8H2,(H,15,16)(H,17,18). The van der Waals surface area contributed by atoms with E-state index in [9.17, 15) is 9.18 Å². The molecule has 1 aromatic heterocycles. The number of hydrogen-bond acceptors (Lipinski definition) is 3. The van der Waals surface area contributed by atoms with Crippen LogP contribution in [0.1, 0.15) is 36.0 Å². The van der Waals surface area contributed by atoms with Gasteiger partial charge in [0.15, 0.2) is 0 Å². The summed E-state index contributed by atoms with van der Waals surface area (Å²) in [6, 6.07) is 3.77. The van der Waals surface area contributed by atoms with E-state index in [4.69, 9.17) is 0 Å². The average molecular weight is 249 g/mol. The number of alkyl halides is 1. The van der Waals surface area contributed by atoms with Gasteiger partial charge in [-0.15, -0.1) is 0 Å². The van der Waals surface area contributed by atoms with Crippen molar-refractivity contribution in [2.75, 3.05) is 11.9 Å². The van der Waals surface area contributed by atoms with E-state index in [1.807, 2.05) is 0 Å². The molecule has 0 aromatic carbocycles. The van der Waals surface area contributed by atoms with Crippen LogP contribution < -0.4 is 10.6 Å². The van der Waals surface area contributed by atoms with Crippen molar-refractivity contribution in [2.24, 2.45) is 0 Å². The summed E-state index contributed by atoms with van der Waals surface area (Å²) in [5.74, 6) is 0.530. The van der Waals surface area contributed by atoms with Gasteiger partial charge < -0.3 is 10.6 Å². The first-order valence-electron chi connectivity index (χ1n) is 6.34. The molecule has 0 saturated heterocycles. The summed E-state index contributed by atoms with van der Waals surface area (Å²) >= 11 is 0. The van der Waals surface area contributed by atoms with E-state index in [0.717, 1.165) is 12.8 Å². The first-order chi connectivity index (χ1) is 8.65. The van der Waals surface area contributed by atoms with Crippen LogP contribution in [0.2, 0.25) is 0 Å². The Morgan fingerprint density at radius 1 is 1.44 bits per heavy atom. The number of amides is 1. The van der Waals surface area contributed by atoms with Crippen LogP contribution in [0, 0.1) is 0 Å². The van der Waals surface area contributed by atoms with Crippen molar-refractivity contribution in [2.45, 2.75) is 37.4 Å². The molecule has 96 valence electrons. The second-order valence-corrected chi connectivity index (χ2v) is 5.18. The highest BCUT2D eigenvalue weighted by Gasteiger charge is 2.42. The third kappa shape index (κ3) is 2.78. The topological polar surface area (TPSA) is 54.0 Å².